The van der Waals surface area contributed by atoms with Crippen LogP contribution in [0.25, 0.3) is 0 Å². The molecule has 0 aromatic carbocycles. The summed E-state index contributed by atoms with van der Waals surface area (Å²) in [6.07, 6.45) is 5.39. The van der Waals surface area contributed by atoms with Crippen molar-refractivity contribution in [3.63, 3.8) is 0 Å². The van der Waals surface area contributed by atoms with Gasteiger partial charge in [0.15, 0.2) is 0 Å². The lowest BCUT2D eigenvalue weighted by Crippen LogP contribution is -2.30. The number of imidazole rings is 1. The number of hydrogen-bond donors (Lipinski definition) is 2. The topological polar surface area (TPSA) is 57.9 Å². The smallest absolute Gasteiger partial charge is 0.107 e. The molecule has 1 atom stereocenters. The fraction of sp³-hybridized carbons (Fsp3) is 0.727. The predicted molar refractivity (Wildman–Crippen MR) is 60.8 cm³/mol. The zero-order chi connectivity index (χ0) is 10.7. The molecule has 1 aliphatic rings. The number of piperidine rings is 1. The fourth-order valence-corrected chi connectivity index (χ4v) is 2.27. The predicted octanol–water partition coefficient (Wildman–Crippen LogP) is 0.720. The molecular formula is C11H20N4. The third-order valence-corrected chi connectivity index (χ3v) is 3.09. The van der Waals surface area contributed by atoms with Crippen LogP contribution >= 0.6 is 0 Å². The minimum Gasteiger partial charge on any atom is -0.346 e. The van der Waals surface area contributed by atoms with Gasteiger partial charge in [-0.1, -0.05) is 0 Å². The molecule has 15 heavy (non-hydrogen) atoms. The van der Waals surface area contributed by atoms with E-state index in [0.717, 1.165) is 18.8 Å². The molecule has 1 aromatic heterocycles. The second-order valence-corrected chi connectivity index (χ2v) is 4.43. The van der Waals surface area contributed by atoms with Crippen LogP contribution in [0.5, 0.6) is 0 Å². The van der Waals surface area contributed by atoms with Gasteiger partial charge in [-0.25, -0.2) is 4.98 Å². The van der Waals surface area contributed by atoms with Gasteiger partial charge in [0.1, 0.15) is 5.82 Å². The number of aromatic nitrogens is 2. The normalized spacial score (nSPS) is 23.2. The molecule has 0 spiro atoms. The van der Waals surface area contributed by atoms with Crippen molar-refractivity contribution in [3.05, 3.63) is 17.7 Å². The number of likely N-dealkylation sites (N-methyl/N-ethyl adjacent to an activating group) is 1. The minimum atomic E-state index is 0.628. The van der Waals surface area contributed by atoms with Crippen LogP contribution in [0, 0.1) is 0 Å². The number of aromatic amines is 1. The molecule has 1 aromatic rings. The van der Waals surface area contributed by atoms with E-state index in [1.165, 1.54) is 25.1 Å². The maximum absolute atomic E-state index is 5.50. The summed E-state index contributed by atoms with van der Waals surface area (Å²) in [5, 5.41) is 0. The van der Waals surface area contributed by atoms with Crippen LogP contribution < -0.4 is 5.73 Å². The van der Waals surface area contributed by atoms with E-state index in [1.54, 1.807) is 0 Å². The number of nitrogens with one attached hydrogen (secondary N) is 1. The molecule has 1 unspecified atom stereocenters. The molecular weight excluding hydrogens is 188 g/mol. The van der Waals surface area contributed by atoms with Gasteiger partial charge in [-0.3, -0.25) is 0 Å². The van der Waals surface area contributed by atoms with Crippen molar-refractivity contribution >= 4 is 0 Å². The number of likely N-dealkylation sites (tertiary alicyclic amines) is 1. The Labute approximate surface area is 90.9 Å². The van der Waals surface area contributed by atoms with Crippen molar-refractivity contribution in [2.75, 3.05) is 26.7 Å². The highest BCUT2D eigenvalue weighted by Crippen LogP contribution is 2.24. The Bertz CT molecular complexity index is 307. The zero-order valence-corrected chi connectivity index (χ0v) is 9.37. The number of H-pyrrole nitrogens is 1. The Balaban J connectivity index is 2.01. The first-order valence-corrected chi connectivity index (χ1v) is 5.72. The second-order valence-electron chi connectivity index (χ2n) is 4.43. The molecule has 2 heterocycles. The number of hydrogen-bond acceptors (Lipinski definition) is 3. The Kier molecular flexibility index (Phi) is 3.38. The SMILES string of the molecule is CN1CCCC(c2cnc(CCN)[nH]2)C1. The van der Waals surface area contributed by atoms with Crippen LogP contribution in [0.2, 0.25) is 0 Å². The molecule has 0 amide bonds. The summed E-state index contributed by atoms with van der Waals surface area (Å²) in [6, 6.07) is 0. The molecule has 0 aliphatic carbocycles. The van der Waals surface area contributed by atoms with E-state index in [-0.39, 0.29) is 0 Å². The van der Waals surface area contributed by atoms with Crippen LogP contribution in [0.15, 0.2) is 6.20 Å². The van der Waals surface area contributed by atoms with Gasteiger partial charge >= 0.3 is 0 Å². The average molecular weight is 208 g/mol. The van der Waals surface area contributed by atoms with E-state index in [0.29, 0.717) is 12.5 Å². The van der Waals surface area contributed by atoms with Crippen LogP contribution in [-0.4, -0.2) is 41.5 Å². The molecule has 4 heteroatoms. The molecule has 1 saturated heterocycles. The van der Waals surface area contributed by atoms with Gasteiger partial charge < -0.3 is 15.6 Å². The first-order valence-electron chi connectivity index (χ1n) is 5.72. The van der Waals surface area contributed by atoms with E-state index in [1.807, 2.05) is 6.20 Å². The minimum absolute atomic E-state index is 0.628. The van der Waals surface area contributed by atoms with Crippen molar-refractivity contribution < 1.29 is 0 Å². The average Bonchev–Trinajstić information content (AvgIpc) is 2.67. The summed E-state index contributed by atoms with van der Waals surface area (Å²) in [4.78, 5) is 10.1. The van der Waals surface area contributed by atoms with Gasteiger partial charge in [0, 0.05) is 30.8 Å². The summed E-state index contributed by atoms with van der Waals surface area (Å²) >= 11 is 0. The quantitative estimate of drug-likeness (QED) is 0.769. The molecule has 1 aliphatic heterocycles. The molecule has 2 rings (SSSR count). The highest BCUT2D eigenvalue weighted by molar-refractivity contribution is 5.09. The zero-order valence-electron chi connectivity index (χ0n) is 9.37. The van der Waals surface area contributed by atoms with Crippen LogP contribution in [0.3, 0.4) is 0 Å². The van der Waals surface area contributed by atoms with Crippen molar-refractivity contribution in [1.82, 2.24) is 14.9 Å². The molecule has 0 bridgehead atoms. The van der Waals surface area contributed by atoms with Crippen LogP contribution in [0.4, 0.5) is 0 Å². The lowest BCUT2D eigenvalue weighted by Gasteiger charge is -2.28. The van der Waals surface area contributed by atoms with Gasteiger partial charge in [0.05, 0.1) is 0 Å². The summed E-state index contributed by atoms with van der Waals surface area (Å²) in [5.41, 5.74) is 6.78. The number of nitrogens with zero attached hydrogens (tertiary/aromatic N) is 2. The van der Waals surface area contributed by atoms with Gasteiger partial charge in [0.25, 0.3) is 0 Å². The second kappa shape index (κ2) is 4.77. The van der Waals surface area contributed by atoms with Crippen LogP contribution in [0.1, 0.15) is 30.3 Å². The van der Waals surface area contributed by atoms with Gasteiger partial charge in [0.2, 0.25) is 0 Å². The van der Waals surface area contributed by atoms with Gasteiger partial charge in [-0.05, 0) is 33.0 Å². The molecule has 3 N–H and O–H groups in total. The van der Waals surface area contributed by atoms with Crippen molar-refractivity contribution in [2.24, 2.45) is 5.73 Å². The maximum Gasteiger partial charge on any atom is 0.107 e. The van der Waals surface area contributed by atoms with Crippen LogP contribution in [-0.2, 0) is 6.42 Å². The maximum atomic E-state index is 5.50. The third kappa shape index (κ3) is 2.58. The lowest BCUT2D eigenvalue weighted by atomic mass is 9.96. The Morgan fingerprint density at radius 3 is 3.27 bits per heavy atom. The largest absolute Gasteiger partial charge is 0.346 e. The first kappa shape index (κ1) is 10.6. The van der Waals surface area contributed by atoms with E-state index in [2.05, 4.69) is 21.9 Å². The summed E-state index contributed by atoms with van der Waals surface area (Å²) in [6.45, 7) is 3.03. The Hall–Kier alpha value is -0.870. The third-order valence-electron chi connectivity index (χ3n) is 3.09. The highest BCUT2D eigenvalue weighted by Gasteiger charge is 2.20. The number of nitrogens with two attached hydrogens (primary N) is 1. The first-order chi connectivity index (χ1) is 7.29. The van der Waals surface area contributed by atoms with E-state index < -0.39 is 0 Å². The molecule has 0 saturated carbocycles. The summed E-state index contributed by atoms with van der Waals surface area (Å²) in [5.74, 6) is 1.66. The van der Waals surface area contributed by atoms with E-state index >= 15 is 0 Å². The van der Waals surface area contributed by atoms with Crippen molar-refractivity contribution in [3.8, 4) is 0 Å². The monoisotopic (exact) mass is 208 g/mol. The Morgan fingerprint density at radius 2 is 2.53 bits per heavy atom. The fourth-order valence-electron chi connectivity index (χ4n) is 2.27. The lowest BCUT2D eigenvalue weighted by molar-refractivity contribution is 0.248. The van der Waals surface area contributed by atoms with Gasteiger partial charge in [-0.2, -0.15) is 0 Å². The van der Waals surface area contributed by atoms with E-state index in [9.17, 15) is 0 Å². The number of rotatable bonds is 3. The molecule has 0 radical (unpaired) electrons. The standard InChI is InChI=1S/C11H20N4/c1-15-6-2-3-9(8-15)10-7-13-11(14-10)4-5-12/h7,9H,2-6,8,12H2,1H3,(H,13,14). The van der Waals surface area contributed by atoms with Crippen molar-refractivity contribution in [1.29, 1.82) is 0 Å². The molecule has 1 fully saturated rings. The van der Waals surface area contributed by atoms with Gasteiger partial charge in [-0.15, -0.1) is 0 Å². The molecule has 84 valence electrons. The Morgan fingerprint density at radius 1 is 1.67 bits per heavy atom. The van der Waals surface area contributed by atoms with Crippen molar-refractivity contribution in [2.45, 2.75) is 25.2 Å². The highest BCUT2D eigenvalue weighted by atomic mass is 15.1. The summed E-state index contributed by atoms with van der Waals surface area (Å²) < 4.78 is 0. The summed E-state index contributed by atoms with van der Waals surface area (Å²) in [7, 11) is 2.18. The molecule has 4 nitrogen and oxygen atoms in total. The van der Waals surface area contributed by atoms with E-state index in [4.69, 9.17) is 5.73 Å².